The first-order chi connectivity index (χ1) is 5.56. The lowest BCUT2D eigenvalue weighted by molar-refractivity contribution is 0.513. The Balaban J connectivity index is 2.88. The molecule has 0 radical (unpaired) electrons. The zero-order chi connectivity index (χ0) is 9.19. The highest BCUT2D eigenvalue weighted by atomic mass is 32.1. The topological polar surface area (TPSA) is 26.0 Å². The van der Waals surface area contributed by atoms with Crippen molar-refractivity contribution in [2.45, 2.75) is 25.8 Å². The Hall–Kier alpha value is -0.600. The maximum absolute atomic E-state index is 6.10. The molecule has 1 aromatic heterocycles. The molecule has 0 fully saturated rings. The molecule has 0 saturated heterocycles. The standard InChI is InChI=1S/C10H15NS/c1-4-7-10(3,11)9-6-5-8(2)12-9/h4-6H,1,7,11H2,2-3H3. The quantitative estimate of drug-likeness (QED) is 0.713. The molecule has 1 nitrogen and oxygen atoms in total. The van der Waals surface area contributed by atoms with Crippen LogP contribution >= 0.6 is 11.3 Å². The molecule has 0 aliphatic carbocycles. The zero-order valence-corrected chi connectivity index (χ0v) is 8.45. The Bertz CT molecular complexity index is 273. The number of aryl methyl sites for hydroxylation is 1. The van der Waals surface area contributed by atoms with E-state index in [1.807, 2.05) is 13.0 Å². The molecule has 0 aliphatic rings. The van der Waals surface area contributed by atoms with Crippen LogP contribution in [0.2, 0.25) is 0 Å². The molecule has 0 aromatic carbocycles. The van der Waals surface area contributed by atoms with Crippen molar-refractivity contribution in [3.63, 3.8) is 0 Å². The Kier molecular flexibility index (Phi) is 2.70. The lowest BCUT2D eigenvalue weighted by atomic mass is 9.97. The van der Waals surface area contributed by atoms with Gasteiger partial charge in [0.2, 0.25) is 0 Å². The van der Waals surface area contributed by atoms with Crippen molar-refractivity contribution in [1.29, 1.82) is 0 Å². The SMILES string of the molecule is C=CCC(C)(N)c1ccc(C)s1. The largest absolute Gasteiger partial charge is 0.321 e. The summed E-state index contributed by atoms with van der Waals surface area (Å²) in [5, 5.41) is 0. The lowest BCUT2D eigenvalue weighted by Gasteiger charge is -2.20. The molecule has 1 unspecified atom stereocenters. The van der Waals surface area contributed by atoms with Crippen LogP contribution in [-0.4, -0.2) is 0 Å². The van der Waals surface area contributed by atoms with Crippen LogP contribution in [0, 0.1) is 6.92 Å². The number of nitrogens with two attached hydrogens (primary N) is 1. The van der Waals surface area contributed by atoms with Gasteiger partial charge in [-0.1, -0.05) is 6.08 Å². The second kappa shape index (κ2) is 3.42. The van der Waals surface area contributed by atoms with E-state index in [0.29, 0.717) is 0 Å². The van der Waals surface area contributed by atoms with Gasteiger partial charge in [0, 0.05) is 9.75 Å². The van der Waals surface area contributed by atoms with Crippen LogP contribution in [0.5, 0.6) is 0 Å². The predicted molar refractivity (Wildman–Crippen MR) is 55.4 cm³/mol. The van der Waals surface area contributed by atoms with Crippen LogP contribution in [0.4, 0.5) is 0 Å². The minimum absolute atomic E-state index is 0.235. The highest BCUT2D eigenvalue weighted by Crippen LogP contribution is 2.28. The van der Waals surface area contributed by atoms with Gasteiger partial charge in [0.15, 0.2) is 0 Å². The van der Waals surface area contributed by atoms with Crippen LogP contribution in [0.1, 0.15) is 23.1 Å². The smallest absolute Gasteiger partial charge is 0.0509 e. The summed E-state index contributed by atoms with van der Waals surface area (Å²) >= 11 is 1.76. The van der Waals surface area contributed by atoms with Gasteiger partial charge in [-0.15, -0.1) is 17.9 Å². The second-order valence-corrected chi connectivity index (χ2v) is 4.61. The van der Waals surface area contributed by atoms with Crippen LogP contribution < -0.4 is 5.73 Å². The van der Waals surface area contributed by atoms with Gasteiger partial charge in [0.05, 0.1) is 5.54 Å². The van der Waals surface area contributed by atoms with Gasteiger partial charge in [0.1, 0.15) is 0 Å². The van der Waals surface area contributed by atoms with Crippen LogP contribution in [0.25, 0.3) is 0 Å². The van der Waals surface area contributed by atoms with Gasteiger partial charge < -0.3 is 5.73 Å². The summed E-state index contributed by atoms with van der Waals surface area (Å²) in [6.45, 7) is 7.84. The van der Waals surface area contributed by atoms with E-state index in [2.05, 4.69) is 25.6 Å². The van der Waals surface area contributed by atoms with Gasteiger partial charge in [-0.05, 0) is 32.4 Å². The molecule has 1 atom stereocenters. The molecule has 12 heavy (non-hydrogen) atoms. The number of hydrogen-bond acceptors (Lipinski definition) is 2. The molecule has 1 heterocycles. The van der Waals surface area contributed by atoms with Crippen molar-refractivity contribution >= 4 is 11.3 Å². The van der Waals surface area contributed by atoms with Crippen molar-refractivity contribution in [1.82, 2.24) is 0 Å². The first-order valence-corrected chi connectivity index (χ1v) is 4.84. The van der Waals surface area contributed by atoms with E-state index in [9.17, 15) is 0 Å². The molecular formula is C10H15NS. The van der Waals surface area contributed by atoms with Crippen molar-refractivity contribution in [3.8, 4) is 0 Å². The second-order valence-electron chi connectivity index (χ2n) is 3.32. The van der Waals surface area contributed by atoms with Gasteiger partial charge >= 0.3 is 0 Å². The Labute approximate surface area is 77.9 Å². The lowest BCUT2D eigenvalue weighted by Crippen LogP contribution is -2.30. The molecule has 0 aliphatic heterocycles. The minimum atomic E-state index is -0.235. The predicted octanol–water partition coefficient (Wildman–Crippen LogP) is 2.81. The highest BCUT2D eigenvalue weighted by Gasteiger charge is 2.20. The summed E-state index contributed by atoms with van der Waals surface area (Å²) in [4.78, 5) is 2.55. The summed E-state index contributed by atoms with van der Waals surface area (Å²) in [5.74, 6) is 0. The van der Waals surface area contributed by atoms with Crippen molar-refractivity contribution in [2.75, 3.05) is 0 Å². The van der Waals surface area contributed by atoms with E-state index in [0.717, 1.165) is 6.42 Å². The fraction of sp³-hybridized carbons (Fsp3) is 0.400. The molecule has 1 aromatic rings. The van der Waals surface area contributed by atoms with Crippen LogP contribution in [0.3, 0.4) is 0 Å². The fourth-order valence-electron chi connectivity index (χ4n) is 1.14. The number of rotatable bonds is 3. The molecule has 0 bridgehead atoms. The average Bonchev–Trinajstić information content (AvgIpc) is 2.36. The molecule has 0 amide bonds. The third kappa shape index (κ3) is 1.96. The summed E-state index contributed by atoms with van der Waals surface area (Å²) in [6, 6.07) is 4.21. The van der Waals surface area contributed by atoms with Gasteiger partial charge in [-0.2, -0.15) is 0 Å². The van der Waals surface area contributed by atoms with E-state index in [1.54, 1.807) is 11.3 Å². The maximum atomic E-state index is 6.10. The molecule has 2 heteroatoms. The Morgan fingerprint density at radius 3 is 2.75 bits per heavy atom. The van der Waals surface area contributed by atoms with Crippen molar-refractivity contribution < 1.29 is 0 Å². The first kappa shape index (κ1) is 9.49. The summed E-state index contributed by atoms with van der Waals surface area (Å²) in [7, 11) is 0. The first-order valence-electron chi connectivity index (χ1n) is 4.03. The van der Waals surface area contributed by atoms with Crippen LogP contribution in [-0.2, 0) is 5.54 Å². The third-order valence-corrected chi connectivity index (χ3v) is 3.15. The third-order valence-electron chi connectivity index (χ3n) is 1.87. The monoisotopic (exact) mass is 181 g/mol. The summed E-state index contributed by atoms with van der Waals surface area (Å²) < 4.78 is 0. The van der Waals surface area contributed by atoms with Crippen molar-refractivity contribution in [2.24, 2.45) is 5.73 Å². The van der Waals surface area contributed by atoms with E-state index < -0.39 is 0 Å². The Morgan fingerprint density at radius 2 is 2.33 bits per heavy atom. The van der Waals surface area contributed by atoms with E-state index in [-0.39, 0.29) is 5.54 Å². The van der Waals surface area contributed by atoms with Crippen molar-refractivity contribution in [3.05, 3.63) is 34.5 Å². The van der Waals surface area contributed by atoms with E-state index >= 15 is 0 Å². The van der Waals surface area contributed by atoms with E-state index in [1.165, 1.54) is 9.75 Å². The molecule has 1 rings (SSSR count). The summed E-state index contributed by atoms with van der Waals surface area (Å²) in [5.41, 5.74) is 5.87. The number of thiophene rings is 1. The average molecular weight is 181 g/mol. The highest BCUT2D eigenvalue weighted by molar-refractivity contribution is 7.12. The summed E-state index contributed by atoms with van der Waals surface area (Å²) in [6.07, 6.45) is 2.70. The molecule has 0 spiro atoms. The normalized spacial score (nSPS) is 15.6. The van der Waals surface area contributed by atoms with Gasteiger partial charge in [-0.25, -0.2) is 0 Å². The molecule has 66 valence electrons. The van der Waals surface area contributed by atoms with Gasteiger partial charge in [-0.3, -0.25) is 0 Å². The van der Waals surface area contributed by atoms with Crippen LogP contribution in [0.15, 0.2) is 24.8 Å². The Morgan fingerprint density at radius 1 is 1.67 bits per heavy atom. The molecule has 0 saturated carbocycles. The molecular weight excluding hydrogens is 166 g/mol. The maximum Gasteiger partial charge on any atom is 0.0509 e. The zero-order valence-electron chi connectivity index (χ0n) is 7.63. The minimum Gasteiger partial charge on any atom is -0.321 e. The van der Waals surface area contributed by atoms with E-state index in [4.69, 9.17) is 5.73 Å². The number of hydrogen-bond donors (Lipinski definition) is 1. The molecule has 2 N–H and O–H groups in total. The van der Waals surface area contributed by atoms with Gasteiger partial charge in [0.25, 0.3) is 0 Å². The fourth-order valence-corrected chi connectivity index (χ4v) is 2.08.